The quantitative estimate of drug-likeness (QED) is 0.458. The molecule has 0 aromatic heterocycles. The van der Waals surface area contributed by atoms with Crippen molar-refractivity contribution in [2.75, 3.05) is 6.61 Å². The number of nitrogens with zero attached hydrogens (tertiary/aromatic N) is 1. The van der Waals surface area contributed by atoms with E-state index in [1.807, 2.05) is 0 Å². The van der Waals surface area contributed by atoms with E-state index < -0.39 is 42.4 Å². The molecule has 2 N–H and O–H groups in total. The van der Waals surface area contributed by atoms with Gasteiger partial charge < -0.3 is 15.1 Å². The highest BCUT2D eigenvalue weighted by molar-refractivity contribution is 6.14. The van der Waals surface area contributed by atoms with Gasteiger partial charge >= 0.3 is 12.1 Å². The van der Waals surface area contributed by atoms with Gasteiger partial charge in [-0.2, -0.15) is 13.2 Å². The number of hydrogen-bond acceptors (Lipinski definition) is 3. The van der Waals surface area contributed by atoms with Gasteiger partial charge in [0.25, 0.3) is 0 Å². The lowest BCUT2D eigenvalue weighted by molar-refractivity contribution is -0.188. The minimum atomic E-state index is -5.16. The summed E-state index contributed by atoms with van der Waals surface area (Å²) in [5, 5.41) is 18.4. The first-order chi connectivity index (χ1) is 7.55. The normalized spacial score (nSPS) is 38.5. The highest BCUT2D eigenvalue weighted by Gasteiger charge is 2.60. The van der Waals surface area contributed by atoms with E-state index in [0.29, 0.717) is 0 Å². The van der Waals surface area contributed by atoms with Crippen molar-refractivity contribution in [3.05, 3.63) is 0 Å². The van der Waals surface area contributed by atoms with E-state index in [2.05, 4.69) is 0 Å². The van der Waals surface area contributed by atoms with Crippen molar-refractivity contribution in [2.24, 2.45) is 0 Å². The fourth-order valence-corrected chi connectivity index (χ4v) is 2.00. The third kappa shape index (κ3) is 2.13. The molecule has 0 aliphatic carbocycles. The Morgan fingerprint density at radius 2 is 2.00 bits per heavy atom. The maximum atomic E-state index is 13.9. The summed E-state index contributed by atoms with van der Waals surface area (Å²) in [7, 11) is 1.06. The van der Waals surface area contributed by atoms with Crippen LogP contribution in [0.1, 0.15) is 6.92 Å². The molecule has 0 radical (unpaired) electrons. The zero-order valence-electron chi connectivity index (χ0n) is 9.20. The van der Waals surface area contributed by atoms with Crippen molar-refractivity contribution in [3.63, 3.8) is 0 Å². The Labute approximate surface area is 95.6 Å². The van der Waals surface area contributed by atoms with Gasteiger partial charge in [-0.1, -0.05) is 0 Å². The average Bonchev–Trinajstić information content (AvgIpc) is 2.36. The summed E-state index contributed by atoms with van der Waals surface area (Å²) in [5.41, 5.74) is -2.39. The number of aliphatic hydroxyl groups excluding tert-OH is 2. The van der Waals surface area contributed by atoms with Crippen LogP contribution in [0.4, 0.5) is 17.6 Å². The molecule has 0 saturated carbocycles. The molecular weight excluding hydrogens is 245 g/mol. The maximum Gasteiger partial charge on any atom is 0.471 e. The van der Waals surface area contributed by atoms with Gasteiger partial charge in [-0.25, -0.2) is 4.39 Å². The first-order valence-electron chi connectivity index (χ1n) is 4.92. The van der Waals surface area contributed by atoms with E-state index in [1.54, 1.807) is 0 Å². The van der Waals surface area contributed by atoms with Crippen molar-refractivity contribution in [3.8, 4) is 0 Å². The molecule has 17 heavy (non-hydrogen) atoms. The Kier molecular flexibility index (Phi) is 3.46. The molecule has 4 atom stereocenters. The van der Waals surface area contributed by atoms with Gasteiger partial charge in [-0.15, -0.1) is 0 Å². The van der Waals surface area contributed by atoms with Gasteiger partial charge in [-0.05, 0) is 6.92 Å². The summed E-state index contributed by atoms with van der Waals surface area (Å²) in [4.78, 5) is 11.2. The van der Waals surface area contributed by atoms with Crippen molar-refractivity contribution in [1.29, 1.82) is 0 Å². The number of aliphatic hydroxyl groups is 2. The molecule has 0 aromatic rings. The zero-order valence-corrected chi connectivity index (χ0v) is 9.20. The largest absolute Gasteiger partial charge is 0.471 e. The maximum absolute atomic E-state index is 13.9. The van der Waals surface area contributed by atoms with Crippen LogP contribution < -0.4 is 0 Å². The standard InChI is InChI=1S/C8H12BF4NO3/c1-7(10)4(16)3(2-15)14(5(7)9)6(17)8(11,12)13/h3-5,15-16H,2,9H2,1H3/t3-,4-,5-,7+/m1/s1. The van der Waals surface area contributed by atoms with Gasteiger partial charge in [-0.3, -0.25) is 4.79 Å². The highest BCUT2D eigenvalue weighted by Crippen LogP contribution is 2.37. The molecule has 0 bridgehead atoms. The van der Waals surface area contributed by atoms with Gasteiger partial charge in [0.05, 0.1) is 12.6 Å². The molecule has 1 rings (SSSR count). The first-order valence-corrected chi connectivity index (χ1v) is 4.92. The lowest BCUT2D eigenvalue weighted by Crippen LogP contribution is -2.51. The summed E-state index contributed by atoms with van der Waals surface area (Å²) in [6, 6.07) is -1.59. The van der Waals surface area contributed by atoms with Crippen LogP contribution in [0.3, 0.4) is 0 Å². The Hall–Kier alpha value is -0.825. The molecule has 1 heterocycles. The monoisotopic (exact) mass is 257 g/mol. The summed E-state index contributed by atoms with van der Waals surface area (Å²) in [5.74, 6) is -3.73. The van der Waals surface area contributed by atoms with Crippen LogP contribution in [-0.2, 0) is 4.79 Å². The second-order valence-corrected chi connectivity index (χ2v) is 4.23. The molecule has 98 valence electrons. The number of alkyl halides is 4. The third-order valence-corrected chi connectivity index (χ3v) is 3.20. The molecule has 0 aromatic carbocycles. The second-order valence-electron chi connectivity index (χ2n) is 4.23. The topological polar surface area (TPSA) is 60.8 Å². The first kappa shape index (κ1) is 14.2. The van der Waals surface area contributed by atoms with Gasteiger partial charge in [0.1, 0.15) is 19.6 Å². The summed E-state index contributed by atoms with van der Waals surface area (Å²) < 4.78 is 50.8. The van der Waals surface area contributed by atoms with Crippen molar-refractivity contribution < 1.29 is 32.6 Å². The summed E-state index contributed by atoms with van der Waals surface area (Å²) >= 11 is 0. The predicted octanol–water partition coefficient (Wildman–Crippen LogP) is -1.20. The van der Waals surface area contributed by atoms with E-state index in [-0.39, 0.29) is 4.90 Å². The Bertz CT molecular complexity index is 322. The second kappa shape index (κ2) is 4.13. The van der Waals surface area contributed by atoms with Crippen molar-refractivity contribution >= 4 is 13.8 Å². The SMILES string of the molecule is B[C@@H]1N(C(=O)C(F)(F)F)[C@H](CO)[C@@H](O)[C@]1(C)F. The van der Waals surface area contributed by atoms with Crippen LogP contribution in [-0.4, -0.2) is 65.4 Å². The minimum Gasteiger partial charge on any atom is -0.394 e. The number of carbonyl (C=O) groups excluding carboxylic acids is 1. The minimum absolute atomic E-state index is 0.157. The Morgan fingerprint density at radius 1 is 1.53 bits per heavy atom. The predicted molar refractivity (Wildman–Crippen MR) is 51.6 cm³/mol. The number of carbonyl (C=O) groups is 1. The molecule has 1 fully saturated rings. The smallest absolute Gasteiger partial charge is 0.394 e. The van der Waals surface area contributed by atoms with E-state index >= 15 is 0 Å². The van der Waals surface area contributed by atoms with Gasteiger partial charge in [0.15, 0.2) is 0 Å². The van der Waals surface area contributed by atoms with Crippen LogP contribution >= 0.6 is 0 Å². The van der Waals surface area contributed by atoms with Gasteiger partial charge in [0.2, 0.25) is 0 Å². The van der Waals surface area contributed by atoms with Crippen LogP contribution in [0.25, 0.3) is 0 Å². The van der Waals surface area contributed by atoms with Crippen LogP contribution in [0.2, 0.25) is 0 Å². The summed E-state index contributed by atoms with van der Waals surface area (Å²) in [6.45, 7) is -0.0402. The number of halogens is 4. The van der Waals surface area contributed by atoms with E-state index in [9.17, 15) is 27.5 Å². The molecular formula is C8H12BF4NO3. The van der Waals surface area contributed by atoms with Crippen LogP contribution in [0.5, 0.6) is 0 Å². The average molecular weight is 257 g/mol. The van der Waals surface area contributed by atoms with E-state index in [4.69, 9.17) is 5.11 Å². The third-order valence-electron chi connectivity index (χ3n) is 3.20. The lowest BCUT2D eigenvalue weighted by Gasteiger charge is -2.29. The molecule has 1 aliphatic heterocycles. The fraction of sp³-hybridized carbons (Fsp3) is 0.875. The number of hydrogen-bond donors (Lipinski definition) is 2. The van der Waals surface area contributed by atoms with Crippen LogP contribution in [0, 0.1) is 0 Å². The van der Waals surface area contributed by atoms with Gasteiger partial charge in [0, 0.05) is 5.94 Å². The number of likely N-dealkylation sites (tertiary alicyclic amines) is 1. The summed E-state index contributed by atoms with van der Waals surface area (Å²) in [6.07, 6.45) is -7.02. The lowest BCUT2D eigenvalue weighted by atomic mass is 9.82. The molecule has 1 amide bonds. The van der Waals surface area contributed by atoms with Crippen molar-refractivity contribution in [2.45, 2.75) is 36.9 Å². The van der Waals surface area contributed by atoms with E-state index in [0.717, 1.165) is 14.8 Å². The molecule has 0 unspecified atom stereocenters. The molecule has 1 aliphatic rings. The molecule has 0 spiro atoms. The number of rotatable bonds is 1. The number of amides is 1. The van der Waals surface area contributed by atoms with Crippen molar-refractivity contribution in [1.82, 2.24) is 4.90 Å². The fourth-order valence-electron chi connectivity index (χ4n) is 2.00. The Balaban J connectivity index is 3.11. The molecule has 4 nitrogen and oxygen atoms in total. The highest BCUT2D eigenvalue weighted by atomic mass is 19.4. The Morgan fingerprint density at radius 3 is 2.35 bits per heavy atom. The zero-order chi connectivity index (χ0) is 13.6. The molecule has 9 heteroatoms. The van der Waals surface area contributed by atoms with Crippen LogP contribution in [0.15, 0.2) is 0 Å². The molecule has 1 saturated heterocycles. The van der Waals surface area contributed by atoms with E-state index in [1.165, 1.54) is 0 Å².